The van der Waals surface area contributed by atoms with Gasteiger partial charge in [-0.1, -0.05) is 16.8 Å². The second kappa shape index (κ2) is 6.65. The number of halogens is 1. The third kappa shape index (κ3) is 3.17. The van der Waals surface area contributed by atoms with Crippen molar-refractivity contribution in [2.24, 2.45) is 7.05 Å². The van der Waals surface area contributed by atoms with Crippen LogP contribution in [0.15, 0.2) is 27.6 Å². The summed E-state index contributed by atoms with van der Waals surface area (Å²) in [5.41, 5.74) is 3.00. The minimum atomic E-state index is -3.67. The lowest BCUT2D eigenvalue weighted by atomic mass is 10.1. The van der Waals surface area contributed by atoms with Crippen LogP contribution >= 0.6 is 11.6 Å². The van der Waals surface area contributed by atoms with Crippen LogP contribution < -0.4 is 0 Å². The Kier molecular flexibility index (Phi) is 4.30. The van der Waals surface area contributed by atoms with Gasteiger partial charge in [-0.2, -0.15) is 14.4 Å². The summed E-state index contributed by atoms with van der Waals surface area (Å²) in [5.74, 6) is 1.43. The highest BCUT2D eigenvalue weighted by atomic mass is 35.5. The highest BCUT2D eigenvalue weighted by molar-refractivity contribution is 7.89. The lowest BCUT2D eigenvalue weighted by molar-refractivity contribution is 0.384. The van der Waals surface area contributed by atoms with Crippen LogP contribution in [0.3, 0.4) is 0 Å². The van der Waals surface area contributed by atoms with Gasteiger partial charge in [-0.3, -0.25) is 4.68 Å². The molecule has 2 aromatic heterocycles. The smallest absolute Gasteiger partial charge is 0.278 e. The van der Waals surface area contributed by atoms with E-state index in [-0.39, 0.29) is 11.4 Å². The number of hydrogen-bond donors (Lipinski definition) is 0. The van der Waals surface area contributed by atoms with Crippen LogP contribution in [-0.2, 0) is 30.0 Å². The zero-order valence-corrected chi connectivity index (χ0v) is 17.7. The van der Waals surface area contributed by atoms with Crippen LogP contribution in [0.1, 0.15) is 41.4 Å². The largest absolute Gasteiger partial charge is 0.332 e. The van der Waals surface area contributed by atoms with Crippen LogP contribution in [0.5, 0.6) is 0 Å². The normalized spacial score (nSPS) is 17.5. The first kappa shape index (κ1) is 18.8. The van der Waals surface area contributed by atoms with Crippen molar-refractivity contribution in [1.82, 2.24) is 24.2 Å². The van der Waals surface area contributed by atoms with Crippen molar-refractivity contribution in [1.29, 1.82) is 0 Å². The Morgan fingerprint density at radius 3 is 2.79 bits per heavy atom. The lowest BCUT2D eigenvalue weighted by Crippen LogP contribution is -2.36. The van der Waals surface area contributed by atoms with Gasteiger partial charge < -0.3 is 4.52 Å². The molecule has 0 amide bonds. The van der Waals surface area contributed by atoms with Crippen LogP contribution in [-0.4, -0.2) is 39.2 Å². The van der Waals surface area contributed by atoms with Crippen molar-refractivity contribution in [3.63, 3.8) is 0 Å². The molecule has 0 N–H and O–H groups in total. The summed E-state index contributed by atoms with van der Waals surface area (Å²) >= 11 is 6.00. The van der Waals surface area contributed by atoms with E-state index in [0.717, 1.165) is 24.1 Å². The zero-order chi connectivity index (χ0) is 20.3. The first-order valence-electron chi connectivity index (χ1n) is 9.49. The molecule has 3 heterocycles. The fourth-order valence-electron chi connectivity index (χ4n) is 3.82. The van der Waals surface area contributed by atoms with Gasteiger partial charge in [0.15, 0.2) is 11.5 Å². The molecule has 1 fully saturated rings. The molecule has 29 heavy (non-hydrogen) atoms. The summed E-state index contributed by atoms with van der Waals surface area (Å²) in [5, 5.41) is 9.14. The monoisotopic (exact) mass is 433 g/mol. The molecule has 1 aliphatic heterocycles. The predicted octanol–water partition coefficient (Wildman–Crippen LogP) is 3.06. The van der Waals surface area contributed by atoms with Gasteiger partial charge in [-0.05, 0) is 43.5 Å². The number of fused-ring (bicyclic) bond motifs is 1. The predicted molar refractivity (Wildman–Crippen MR) is 106 cm³/mol. The van der Waals surface area contributed by atoms with E-state index in [1.165, 1.54) is 4.31 Å². The van der Waals surface area contributed by atoms with Crippen molar-refractivity contribution in [2.45, 2.75) is 43.5 Å². The number of aromatic nitrogens is 4. The van der Waals surface area contributed by atoms with Crippen LogP contribution in [0, 0.1) is 6.92 Å². The summed E-state index contributed by atoms with van der Waals surface area (Å²) in [6, 6.07) is 4.83. The van der Waals surface area contributed by atoms with Crippen LogP contribution in [0.2, 0.25) is 5.02 Å². The Bertz CT molecular complexity index is 1210. The van der Waals surface area contributed by atoms with Crippen molar-refractivity contribution in [3.8, 4) is 11.6 Å². The van der Waals surface area contributed by atoms with E-state index in [9.17, 15) is 8.42 Å². The third-order valence-electron chi connectivity index (χ3n) is 5.55. The van der Waals surface area contributed by atoms with Crippen molar-refractivity contribution in [2.75, 3.05) is 6.54 Å². The van der Waals surface area contributed by atoms with E-state index in [1.54, 1.807) is 29.8 Å². The SMILES string of the molecule is Cc1cc(Cl)ccc1S(=O)(=O)N1CCc2c(c(-c3nc(C4CC4)no3)nn2C)C1. The molecule has 1 aromatic carbocycles. The molecule has 2 aliphatic rings. The summed E-state index contributed by atoms with van der Waals surface area (Å²) < 4.78 is 35.3. The molecular formula is C19H20ClN5O3S. The van der Waals surface area contributed by atoms with Crippen molar-refractivity contribution in [3.05, 3.63) is 45.9 Å². The number of rotatable bonds is 4. The summed E-state index contributed by atoms with van der Waals surface area (Å²) in [7, 11) is -1.81. The van der Waals surface area contributed by atoms with E-state index in [2.05, 4.69) is 15.2 Å². The number of aryl methyl sites for hydroxylation is 2. The molecule has 0 spiro atoms. The van der Waals surface area contributed by atoms with E-state index < -0.39 is 10.0 Å². The molecule has 8 nitrogen and oxygen atoms in total. The molecule has 0 atom stereocenters. The Balaban J connectivity index is 1.51. The maximum atomic E-state index is 13.3. The van der Waals surface area contributed by atoms with E-state index in [1.807, 2.05) is 7.05 Å². The van der Waals surface area contributed by atoms with Gasteiger partial charge >= 0.3 is 0 Å². The van der Waals surface area contributed by atoms with Gasteiger partial charge in [0, 0.05) is 48.8 Å². The average Bonchev–Trinajstić information content (AvgIpc) is 3.32. The molecule has 5 rings (SSSR count). The molecule has 3 aromatic rings. The van der Waals surface area contributed by atoms with Gasteiger partial charge in [-0.25, -0.2) is 8.42 Å². The number of hydrogen-bond acceptors (Lipinski definition) is 6. The maximum Gasteiger partial charge on any atom is 0.278 e. The molecule has 1 saturated carbocycles. The standard InChI is InChI=1S/C19H20ClN5O3S/c1-11-9-13(20)5-6-16(11)29(26,27)25-8-7-15-14(10-25)17(22-24(15)2)19-21-18(23-28-19)12-3-4-12/h5-6,9,12H,3-4,7-8,10H2,1-2H3. The number of benzene rings is 1. The average molecular weight is 434 g/mol. The highest BCUT2D eigenvalue weighted by Gasteiger charge is 2.35. The van der Waals surface area contributed by atoms with E-state index in [0.29, 0.717) is 46.9 Å². The van der Waals surface area contributed by atoms with Gasteiger partial charge in [-0.15, -0.1) is 0 Å². The second-order valence-electron chi connectivity index (χ2n) is 7.63. The second-order valence-corrected chi connectivity index (χ2v) is 9.97. The van der Waals surface area contributed by atoms with Gasteiger partial charge in [0.25, 0.3) is 5.89 Å². The summed E-state index contributed by atoms with van der Waals surface area (Å²) in [4.78, 5) is 4.77. The quantitative estimate of drug-likeness (QED) is 0.627. The van der Waals surface area contributed by atoms with Crippen molar-refractivity contribution >= 4 is 21.6 Å². The van der Waals surface area contributed by atoms with E-state index in [4.69, 9.17) is 16.1 Å². The van der Waals surface area contributed by atoms with Gasteiger partial charge in [0.05, 0.1) is 4.90 Å². The lowest BCUT2D eigenvalue weighted by Gasteiger charge is -2.27. The molecule has 152 valence electrons. The third-order valence-corrected chi connectivity index (χ3v) is 7.79. The molecular weight excluding hydrogens is 414 g/mol. The molecule has 0 radical (unpaired) electrons. The van der Waals surface area contributed by atoms with Crippen LogP contribution in [0.25, 0.3) is 11.6 Å². The Morgan fingerprint density at radius 1 is 1.28 bits per heavy atom. The summed E-state index contributed by atoms with van der Waals surface area (Å²) in [6.07, 6.45) is 2.71. The van der Waals surface area contributed by atoms with Gasteiger partial charge in [0.2, 0.25) is 10.0 Å². The maximum absolute atomic E-state index is 13.3. The molecule has 1 aliphatic carbocycles. The number of sulfonamides is 1. The molecule has 0 saturated heterocycles. The fraction of sp³-hybridized carbons (Fsp3) is 0.421. The van der Waals surface area contributed by atoms with Gasteiger partial charge in [0.1, 0.15) is 0 Å². The minimum absolute atomic E-state index is 0.212. The molecule has 0 unspecified atom stereocenters. The van der Waals surface area contributed by atoms with E-state index >= 15 is 0 Å². The first-order chi connectivity index (χ1) is 13.8. The zero-order valence-electron chi connectivity index (χ0n) is 16.1. The summed E-state index contributed by atoms with van der Waals surface area (Å²) in [6.45, 7) is 2.35. The van der Waals surface area contributed by atoms with Crippen LogP contribution in [0.4, 0.5) is 0 Å². The minimum Gasteiger partial charge on any atom is -0.332 e. The topological polar surface area (TPSA) is 94.1 Å². The Hall–Kier alpha value is -2.23. The fourth-order valence-corrected chi connectivity index (χ4v) is 5.67. The number of nitrogens with zero attached hydrogens (tertiary/aromatic N) is 5. The highest BCUT2D eigenvalue weighted by Crippen LogP contribution is 2.39. The molecule has 10 heteroatoms. The molecule has 0 bridgehead atoms. The Morgan fingerprint density at radius 2 is 2.07 bits per heavy atom. The first-order valence-corrected chi connectivity index (χ1v) is 11.3. The Labute approximate surface area is 173 Å². The van der Waals surface area contributed by atoms with Crippen molar-refractivity contribution < 1.29 is 12.9 Å².